The molecule has 0 atom stereocenters. The van der Waals surface area contributed by atoms with Gasteiger partial charge in [0.05, 0.1) is 61.9 Å². The van der Waals surface area contributed by atoms with E-state index in [9.17, 15) is 0 Å². The summed E-state index contributed by atoms with van der Waals surface area (Å²) in [5.74, 6) is 1.83. The van der Waals surface area contributed by atoms with Gasteiger partial charge in [0.15, 0.2) is 11.6 Å². The van der Waals surface area contributed by atoms with Gasteiger partial charge >= 0.3 is 0 Å². The molecule has 0 saturated carbocycles. The average Bonchev–Trinajstić information content (AvgIpc) is 1.65. The third kappa shape index (κ3) is 13.1. The first-order valence-corrected chi connectivity index (χ1v) is 46.0. The van der Waals surface area contributed by atoms with E-state index in [1.165, 1.54) is 139 Å². The van der Waals surface area contributed by atoms with Gasteiger partial charge in [-0.15, -0.1) is 0 Å². The molecule has 0 N–H and O–H groups in total. The fourth-order valence-electron chi connectivity index (χ4n) is 21.3. The summed E-state index contributed by atoms with van der Waals surface area (Å²) in [5.41, 5.74) is 44.3. The lowest BCUT2D eigenvalue weighted by Crippen LogP contribution is -2.16. The number of hydrogen-bond donors (Lipinski definition) is 0. The van der Waals surface area contributed by atoms with Gasteiger partial charge in [-0.1, -0.05) is 293 Å². The van der Waals surface area contributed by atoms with Gasteiger partial charge in [0.2, 0.25) is 5.95 Å². The summed E-state index contributed by atoms with van der Waals surface area (Å²) in [6.45, 7) is 9.15. The Kier molecular flexibility index (Phi) is 19.1. The molecule has 7 aromatic heterocycles. The van der Waals surface area contributed by atoms with Gasteiger partial charge in [-0.25, -0.2) is 4.98 Å². The predicted octanol–water partition coefficient (Wildman–Crippen LogP) is 31.7. The Bertz CT molecular complexity index is 8570. The van der Waals surface area contributed by atoms with E-state index in [2.05, 4.69) is 417 Å². The van der Waals surface area contributed by atoms with E-state index in [1.807, 2.05) is 104 Å². The van der Waals surface area contributed by atoms with E-state index in [4.69, 9.17) is 15.0 Å². The molecular weight excluding hydrogens is 1650 g/mol. The topological polar surface area (TPSA) is 102 Å². The smallest absolute Gasteiger partial charge is 0.238 e. The molecular formula is C123H86N12. The summed E-state index contributed by atoms with van der Waals surface area (Å²) >= 11 is 0. The zero-order valence-corrected chi connectivity index (χ0v) is 74.6. The van der Waals surface area contributed by atoms with Gasteiger partial charge < -0.3 is 23.5 Å². The Morgan fingerprint density at radius 2 is 0.756 bits per heavy atom. The van der Waals surface area contributed by atoms with Crippen molar-refractivity contribution in [3.05, 3.63) is 472 Å². The maximum absolute atomic E-state index is 5.19. The maximum Gasteiger partial charge on any atom is 0.238 e. The molecule has 12 heteroatoms. The van der Waals surface area contributed by atoms with E-state index >= 15 is 0 Å². The highest BCUT2D eigenvalue weighted by Crippen LogP contribution is 2.59. The van der Waals surface area contributed by atoms with Gasteiger partial charge in [-0.05, 0) is 203 Å². The molecule has 3 aliphatic heterocycles. The van der Waals surface area contributed by atoms with Crippen molar-refractivity contribution < 1.29 is 0 Å². The first-order chi connectivity index (χ1) is 66.6. The van der Waals surface area contributed by atoms with Crippen LogP contribution < -0.4 is 14.7 Å². The van der Waals surface area contributed by atoms with Crippen LogP contribution in [0.15, 0.2) is 450 Å². The SMILES string of the molecule is CC1(C)c2ccccc2-c2cc(-c3cccc(N4c5ccccc5-c5ccc6ccn(-c7ccncc7)c6c5-c5ccccc54)c3)ccc21.Cc1c(C)n(-c2ccccc2)c2ccc3c(c12)-c1ccccc1N(c1nc(-c2ccccc2)nc(-c2ccccc2)n1)c1ccccc1-3.c1ccc(N2c3ccccc3-c3ccc4c(ccn4-c4ccnc5cccnc45)c3-c3ccccc32)cc1. The highest BCUT2D eigenvalue weighted by Gasteiger charge is 2.38. The first kappa shape index (κ1) is 79.4. The van der Waals surface area contributed by atoms with Gasteiger partial charge in [0, 0.05) is 148 Å². The fraction of sp³-hybridized carbons (Fsp3) is 0.0407. The van der Waals surface area contributed by atoms with E-state index < -0.39 is 0 Å². The normalized spacial score (nSPS) is 12.6. The molecule has 16 aromatic carbocycles. The Hall–Kier alpha value is -17.7. The van der Waals surface area contributed by atoms with Crippen LogP contribution >= 0.6 is 0 Å². The number of anilines is 9. The monoisotopic (exact) mass is 1730 g/mol. The Labute approximate surface area is 782 Å². The summed E-state index contributed by atoms with van der Waals surface area (Å²) in [6, 6.07) is 147. The highest BCUT2D eigenvalue weighted by atomic mass is 15.3. The molecule has 0 fully saturated rings. The number of fused-ring (bicyclic) bond motifs is 25. The van der Waals surface area contributed by atoms with E-state index in [1.54, 1.807) is 0 Å². The van der Waals surface area contributed by atoms with Gasteiger partial charge in [-0.2, -0.15) is 9.97 Å². The Morgan fingerprint density at radius 1 is 0.274 bits per heavy atom. The van der Waals surface area contributed by atoms with Crippen LogP contribution in [0.1, 0.15) is 36.2 Å². The lowest BCUT2D eigenvalue weighted by atomic mass is 9.82. The standard InChI is InChI=1S/C46H33N3.C43H31N5.C34H22N4/c1-46(2)40-15-6-3-12-35(40)39-29-32(19-21-41(39)46)31-10-9-11-34(28-31)49-42-16-7-4-13-36(42)37-20-18-30-24-27-48(33-22-25-47-26-23-33)45(30)44(37)38-14-5-8-17-43(38)49;1-28-29(2)47(32-20-10-5-11-21-32)38-27-26-34-33-22-12-14-24-36(33)48(37-25-15-13-23-35(37)40(34)39(28)38)43-45-41(30-16-6-3-7-17-30)44-42(46-43)31-18-8-4-9-19-31;1-2-9-23(10-3-1)38-30-14-6-4-11-24(30)25-16-17-29-27(33(25)26-12-5-7-15-31(26)38)19-22-37(29)32-18-21-35-28-13-8-20-36-34(28)32/h3-29H,1-2H3;3-27H,1-2H3;1-22H. The van der Waals surface area contributed by atoms with Crippen molar-refractivity contribution in [2.75, 3.05) is 14.7 Å². The van der Waals surface area contributed by atoms with Crippen molar-refractivity contribution in [1.29, 1.82) is 0 Å². The van der Waals surface area contributed by atoms with Crippen LogP contribution in [0.2, 0.25) is 0 Å². The second-order valence-electron chi connectivity index (χ2n) is 35.3. The minimum atomic E-state index is -0.0105. The number of nitrogens with zero attached hydrogens (tertiary/aromatic N) is 12. The van der Waals surface area contributed by atoms with Crippen molar-refractivity contribution in [1.82, 2.24) is 43.6 Å². The van der Waals surface area contributed by atoms with Gasteiger partial charge in [0.25, 0.3) is 0 Å². The molecule has 12 nitrogen and oxygen atoms in total. The third-order valence-corrected chi connectivity index (χ3v) is 27.6. The maximum atomic E-state index is 5.19. The summed E-state index contributed by atoms with van der Waals surface area (Å²) < 4.78 is 6.92. The molecule has 0 radical (unpaired) electrons. The van der Waals surface area contributed by atoms with Crippen LogP contribution in [-0.2, 0) is 5.41 Å². The number of benzene rings is 16. The molecule has 0 bridgehead atoms. The predicted molar refractivity (Wildman–Crippen MR) is 555 cm³/mol. The Balaban J connectivity index is 0.000000109. The number of pyridine rings is 3. The molecule has 638 valence electrons. The van der Waals surface area contributed by atoms with E-state index in [0.29, 0.717) is 17.6 Å². The molecule has 0 spiro atoms. The lowest BCUT2D eigenvalue weighted by molar-refractivity contribution is 0.660. The first-order valence-electron chi connectivity index (χ1n) is 46.0. The lowest BCUT2D eigenvalue weighted by Gasteiger charge is -2.27. The van der Waals surface area contributed by atoms with Crippen molar-refractivity contribution in [3.8, 4) is 129 Å². The van der Waals surface area contributed by atoms with Crippen molar-refractivity contribution in [2.45, 2.75) is 33.1 Å². The number of hydrogen-bond acceptors (Lipinski definition) is 9. The van der Waals surface area contributed by atoms with Crippen LogP contribution in [0.3, 0.4) is 0 Å². The van der Waals surface area contributed by atoms with Crippen molar-refractivity contribution >= 4 is 95.2 Å². The summed E-state index contributed by atoms with van der Waals surface area (Å²) in [4.78, 5) is 35.9. The van der Waals surface area contributed by atoms with Gasteiger partial charge in [0.1, 0.15) is 5.52 Å². The minimum Gasteiger partial charge on any atom is -0.316 e. The molecule has 0 saturated heterocycles. The van der Waals surface area contributed by atoms with E-state index in [-0.39, 0.29) is 5.41 Å². The molecule has 4 aliphatic rings. The molecule has 23 aromatic rings. The average molecular weight is 1730 g/mol. The number of rotatable bonds is 9. The van der Waals surface area contributed by atoms with E-state index in [0.717, 1.165) is 90.0 Å². The number of para-hydroxylation sites is 8. The van der Waals surface area contributed by atoms with Crippen LogP contribution in [0, 0.1) is 13.8 Å². The second-order valence-corrected chi connectivity index (χ2v) is 35.3. The minimum absolute atomic E-state index is 0.0105. The van der Waals surface area contributed by atoms with Crippen molar-refractivity contribution in [3.63, 3.8) is 0 Å². The molecule has 27 rings (SSSR count). The number of aromatic nitrogens is 9. The van der Waals surface area contributed by atoms with Crippen LogP contribution in [0.4, 0.5) is 51.4 Å². The third-order valence-electron chi connectivity index (χ3n) is 27.6. The Morgan fingerprint density at radius 3 is 1.40 bits per heavy atom. The van der Waals surface area contributed by atoms with Crippen LogP contribution in [-0.4, -0.2) is 43.6 Å². The molecule has 10 heterocycles. The molecule has 1 aliphatic carbocycles. The summed E-state index contributed by atoms with van der Waals surface area (Å²) in [7, 11) is 0. The zero-order chi connectivity index (χ0) is 89.9. The largest absolute Gasteiger partial charge is 0.316 e. The molecule has 0 unspecified atom stereocenters. The van der Waals surface area contributed by atoms with Crippen molar-refractivity contribution in [2.24, 2.45) is 0 Å². The fourth-order valence-corrected chi connectivity index (χ4v) is 21.3. The molecule has 0 amide bonds. The quantitative estimate of drug-likeness (QED) is 0.140. The van der Waals surface area contributed by atoms with Crippen LogP contribution in [0.5, 0.6) is 0 Å². The van der Waals surface area contributed by atoms with Crippen LogP contribution in [0.25, 0.3) is 173 Å². The molecule has 135 heavy (non-hydrogen) atoms. The zero-order valence-electron chi connectivity index (χ0n) is 74.6. The summed E-state index contributed by atoms with van der Waals surface area (Å²) in [5, 5.41) is 3.67. The summed E-state index contributed by atoms with van der Waals surface area (Å²) in [6.07, 6.45) is 11.7. The second kappa shape index (κ2) is 32.4. The highest BCUT2D eigenvalue weighted by molar-refractivity contribution is 6.16. The van der Waals surface area contributed by atoms with Gasteiger partial charge in [-0.3, -0.25) is 19.9 Å². The number of aryl methyl sites for hydroxylation is 1.